The predicted octanol–water partition coefficient (Wildman–Crippen LogP) is 0.738. The van der Waals surface area contributed by atoms with Gasteiger partial charge in [0, 0.05) is 39.6 Å². The van der Waals surface area contributed by atoms with Gasteiger partial charge >= 0.3 is 0 Å². The molecule has 2 unspecified atom stereocenters. The van der Waals surface area contributed by atoms with E-state index in [0.29, 0.717) is 18.1 Å². The predicted molar refractivity (Wildman–Crippen MR) is 74.3 cm³/mol. The molecule has 0 saturated carbocycles. The lowest BCUT2D eigenvalue weighted by atomic mass is 9.92. The second-order valence-corrected chi connectivity index (χ2v) is 9.09. The van der Waals surface area contributed by atoms with Gasteiger partial charge in [0.05, 0.1) is 12.6 Å². The molecule has 0 amide bonds. The first-order valence-electron chi connectivity index (χ1n) is 6.48. The minimum atomic E-state index is -1.08. The molecular formula is C13H15NO3S2. The van der Waals surface area contributed by atoms with Crippen LogP contribution in [0.5, 0.6) is 0 Å². The molecule has 0 bridgehead atoms. The van der Waals surface area contributed by atoms with Gasteiger partial charge in [0.1, 0.15) is 0 Å². The highest BCUT2D eigenvalue weighted by molar-refractivity contribution is 8.07. The molecule has 3 atom stereocenters. The summed E-state index contributed by atoms with van der Waals surface area (Å²) in [4.78, 5) is 5.74. The van der Waals surface area contributed by atoms with Gasteiger partial charge in [-0.25, -0.2) is 0 Å². The molecular weight excluding hydrogens is 282 g/mol. The molecule has 1 aromatic rings. The monoisotopic (exact) mass is 297 g/mol. The molecule has 6 heteroatoms. The first-order valence-corrected chi connectivity index (χ1v) is 9.11. The fraction of sp³-hybridized carbons (Fsp3) is 0.538. The van der Waals surface area contributed by atoms with Crippen molar-refractivity contribution >= 4 is 21.6 Å². The van der Waals surface area contributed by atoms with Crippen molar-refractivity contribution in [1.82, 2.24) is 5.06 Å². The maximum Gasteiger partial charge on any atom is 0.167 e. The molecule has 3 aliphatic heterocycles. The largest absolute Gasteiger partial charge is 0.296 e. The molecule has 3 heterocycles. The maximum atomic E-state index is 12.5. The molecule has 3 aliphatic rings. The number of benzene rings is 1. The molecule has 0 radical (unpaired) electrons. The van der Waals surface area contributed by atoms with Crippen LogP contribution >= 0.6 is 0 Å². The van der Waals surface area contributed by atoms with Gasteiger partial charge in [0.2, 0.25) is 0 Å². The normalized spacial score (nSPS) is 41.4. The Hall–Kier alpha value is -0.560. The molecule has 19 heavy (non-hydrogen) atoms. The Morgan fingerprint density at radius 2 is 1.95 bits per heavy atom. The Kier molecular flexibility index (Phi) is 2.71. The van der Waals surface area contributed by atoms with Crippen LogP contribution in [0.3, 0.4) is 0 Å². The molecule has 1 aromatic carbocycles. The van der Waals surface area contributed by atoms with Gasteiger partial charge in [-0.3, -0.25) is 13.3 Å². The average molecular weight is 297 g/mol. The molecule has 2 fully saturated rings. The average Bonchev–Trinajstić information content (AvgIpc) is 2.97. The lowest BCUT2D eigenvalue weighted by molar-refractivity contribution is -0.136. The molecule has 1 spiro atoms. The molecule has 4 nitrogen and oxygen atoms in total. The lowest BCUT2D eigenvalue weighted by Gasteiger charge is -2.35. The Labute approximate surface area is 117 Å². The van der Waals surface area contributed by atoms with E-state index in [4.69, 9.17) is 4.84 Å². The van der Waals surface area contributed by atoms with Crippen molar-refractivity contribution < 1.29 is 13.3 Å². The van der Waals surface area contributed by atoms with Gasteiger partial charge in [0.15, 0.2) is 4.08 Å². The zero-order valence-electron chi connectivity index (χ0n) is 10.4. The summed E-state index contributed by atoms with van der Waals surface area (Å²) in [7, 11) is -2.16. The third kappa shape index (κ3) is 1.51. The van der Waals surface area contributed by atoms with E-state index in [2.05, 4.69) is 12.1 Å². The smallest absolute Gasteiger partial charge is 0.167 e. The number of hydrogen-bond acceptors (Lipinski definition) is 4. The minimum Gasteiger partial charge on any atom is -0.296 e. The van der Waals surface area contributed by atoms with Gasteiger partial charge in [-0.2, -0.15) is 5.06 Å². The van der Waals surface area contributed by atoms with Crippen molar-refractivity contribution in [2.24, 2.45) is 0 Å². The van der Waals surface area contributed by atoms with Crippen molar-refractivity contribution in [3.8, 4) is 0 Å². The highest BCUT2D eigenvalue weighted by atomic mass is 32.3. The Morgan fingerprint density at radius 1 is 1.21 bits per heavy atom. The van der Waals surface area contributed by atoms with E-state index in [1.165, 1.54) is 5.56 Å². The summed E-state index contributed by atoms with van der Waals surface area (Å²) in [6.45, 7) is 1.11. The summed E-state index contributed by atoms with van der Waals surface area (Å²) < 4.78 is 24.3. The summed E-state index contributed by atoms with van der Waals surface area (Å²) in [6, 6.07) is 8.09. The number of hydroxylamine groups is 2. The second kappa shape index (κ2) is 4.22. The summed E-state index contributed by atoms with van der Waals surface area (Å²) in [5.41, 5.74) is 2.42. The van der Waals surface area contributed by atoms with E-state index >= 15 is 0 Å². The highest BCUT2D eigenvalue weighted by Gasteiger charge is 2.61. The van der Waals surface area contributed by atoms with Crippen LogP contribution in [0.25, 0.3) is 0 Å². The summed E-state index contributed by atoms with van der Waals surface area (Å²) >= 11 is 0. The van der Waals surface area contributed by atoms with E-state index in [-0.39, 0.29) is 6.04 Å². The van der Waals surface area contributed by atoms with E-state index < -0.39 is 25.7 Å². The Morgan fingerprint density at radius 3 is 2.74 bits per heavy atom. The minimum absolute atomic E-state index is 0.110. The fourth-order valence-electron chi connectivity index (χ4n) is 3.37. The summed E-state index contributed by atoms with van der Waals surface area (Å²) in [5, 5.41) is 1.91. The van der Waals surface area contributed by atoms with Crippen LogP contribution in [-0.4, -0.2) is 42.2 Å². The van der Waals surface area contributed by atoms with E-state index in [9.17, 15) is 8.42 Å². The third-order valence-corrected chi connectivity index (χ3v) is 9.06. The van der Waals surface area contributed by atoms with Crippen molar-refractivity contribution in [2.75, 3.05) is 24.7 Å². The summed E-state index contributed by atoms with van der Waals surface area (Å²) in [5.74, 6) is 1.06. The zero-order valence-corrected chi connectivity index (χ0v) is 12.0. The van der Waals surface area contributed by atoms with Crippen LogP contribution in [0.1, 0.15) is 17.2 Å². The van der Waals surface area contributed by atoms with E-state index in [0.717, 1.165) is 18.5 Å². The third-order valence-electron chi connectivity index (χ3n) is 4.31. The second-order valence-electron chi connectivity index (χ2n) is 5.18. The molecule has 0 aliphatic carbocycles. The van der Waals surface area contributed by atoms with Crippen LogP contribution in [-0.2, 0) is 32.9 Å². The van der Waals surface area contributed by atoms with Gasteiger partial charge in [-0.15, -0.1) is 0 Å². The Bertz CT molecular complexity index is 573. The lowest BCUT2D eigenvalue weighted by Crippen LogP contribution is -2.45. The molecule has 4 rings (SSSR count). The van der Waals surface area contributed by atoms with Crippen molar-refractivity contribution in [3.05, 3.63) is 35.4 Å². The van der Waals surface area contributed by atoms with Crippen molar-refractivity contribution in [3.63, 3.8) is 0 Å². The highest BCUT2D eigenvalue weighted by Crippen LogP contribution is 2.49. The van der Waals surface area contributed by atoms with Crippen LogP contribution in [0, 0.1) is 0 Å². The standard InChI is InChI=1S/C13H15NO3S2/c15-18-7-8-19(16)13(18)9-17-14-6-5-10-3-1-2-4-11(10)12(13)14/h1-4,12H,5-9H2/t12-,13?,18?,19?/m0/s1. The summed E-state index contributed by atoms with van der Waals surface area (Å²) in [6.07, 6.45) is 0.933. The molecule has 2 saturated heterocycles. The van der Waals surface area contributed by atoms with Crippen LogP contribution < -0.4 is 0 Å². The van der Waals surface area contributed by atoms with Gasteiger partial charge in [0.25, 0.3) is 0 Å². The van der Waals surface area contributed by atoms with Gasteiger partial charge < -0.3 is 0 Å². The quantitative estimate of drug-likeness (QED) is 0.708. The SMILES string of the molecule is O=S1CCS(=O)C12CON1CCc3ccccc3[C@H]12. The fourth-order valence-corrected chi connectivity index (χ4v) is 7.96. The van der Waals surface area contributed by atoms with E-state index in [1.54, 1.807) is 0 Å². The molecule has 102 valence electrons. The maximum absolute atomic E-state index is 12.5. The first-order chi connectivity index (χ1) is 9.23. The van der Waals surface area contributed by atoms with Crippen molar-refractivity contribution in [1.29, 1.82) is 0 Å². The first kappa shape index (κ1) is 12.2. The van der Waals surface area contributed by atoms with Crippen LogP contribution in [0.15, 0.2) is 24.3 Å². The van der Waals surface area contributed by atoms with Crippen molar-refractivity contribution in [2.45, 2.75) is 16.5 Å². The van der Waals surface area contributed by atoms with Crippen LogP contribution in [0.2, 0.25) is 0 Å². The number of hydrogen-bond donors (Lipinski definition) is 0. The van der Waals surface area contributed by atoms with Crippen LogP contribution in [0.4, 0.5) is 0 Å². The van der Waals surface area contributed by atoms with Gasteiger partial charge in [-0.1, -0.05) is 24.3 Å². The number of rotatable bonds is 0. The number of fused-ring (bicyclic) bond motifs is 4. The number of nitrogens with zero attached hydrogens (tertiary/aromatic N) is 1. The van der Waals surface area contributed by atoms with Gasteiger partial charge in [-0.05, 0) is 17.5 Å². The topological polar surface area (TPSA) is 46.6 Å². The molecule has 0 aromatic heterocycles. The van der Waals surface area contributed by atoms with E-state index in [1.807, 2.05) is 17.2 Å². The zero-order chi connectivity index (χ0) is 13.0. The Balaban J connectivity index is 1.90. The molecule has 0 N–H and O–H groups in total.